The fourth-order valence-corrected chi connectivity index (χ4v) is 2.88. The van der Waals surface area contributed by atoms with Crippen LogP contribution in [0.3, 0.4) is 0 Å². The molecule has 0 radical (unpaired) electrons. The number of nitrogens with one attached hydrogen (secondary N) is 1. The molecule has 142 valence electrons. The van der Waals surface area contributed by atoms with Gasteiger partial charge in [-0.05, 0) is 38.0 Å². The summed E-state index contributed by atoms with van der Waals surface area (Å²) in [6.45, 7) is 1.54. The molecule has 27 heavy (non-hydrogen) atoms. The van der Waals surface area contributed by atoms with Crippen molar-refractivity contribution < 1.29 is 19.1 Å². The summed E-state index contributed by atoms with van der Waals surface area (Å²) in [5.41, 5.74) is 0.598. The topological polar surface area (TPSA) is 64.6 Å². The molecule has 0 bridgehead atoms. The lowest BCUT2D eigenvalue weighted by atomic mass is 10.1. The van der Waals surface area contributed by atoms with Crippen LogP contribution < -0.4 is 10.1 Å². The van der Waals surface area contributed by atoms with Gasteiger partial charge in [0.2, 0.25) is 6.10 Å². The highest BCUT2D eigenvalue weighted by atomic mass is 35.5. The smallest absolute Gasteiger partial charge is 0.348 e. The monoisotopic (exact) mass is 407 g/mol. The molecule has 0 unspecified atom stereocenters. The first-order chi connectivity index (χ1) is 12.9. The molecule has 0 saturated heterocycles. The fourth-order valence-electron chi connectivity index (χ4n) is 2.43. The third-order valence-corrected chi connectivity index (χ3v) is 4.56. The van der Waals surface area contributed by atoms with E-state index in [0.717, 1.165) is 12.8 Å². The van der Waals surface area contributed by atoms with Crippen LogP contribution in [0.25, 0.3) is 0 Å². The molecule has 2 aromatic rings. The number of hydrogen-bond donors (Lipinski definition) is 1. The molecule has 0 aromatic heterocycles. The zero-order chi connectivity index (χ0) is 19.4. The van der Waals surface area contributed by atoms with Gasteiger partial charge in [0.05, 0.1) is 5.02 Å². The summed E-state index contributed by atoms with van der Waals surface area (Å²) in [4.78, 5) is 25.1. The molecule has 3 rings (SSSR count). The molecule has 7 heteroatoms. The largest absolute Gasteiger partial charge is 0.477 e. The lowest BCUT2D eigenvalue weighted by molar-refractivity contribution is -0.162. The molecule has 1 N–H and O–H groups in total. The molecule has 2 aromatic carbocycles. The zero-order valence-electron chi connectivity index (χ0n) is 14.7. The molecule has 1 aliphatic carbocycles. The van der Waals surface area contributed by atoms with E-state index in [4.69, 9.17) is 32.7 Å². The lowest BCUT2D eigenvalue weighted by Gasteiger charge is -2.21. The van der Waals surface area contributed by atoms with Crippen molar-refractivity contribution in [3.05, 3.63) is 64.1 Å². The summed E-state index contributed by atoms with van der Waals surface area (Å²) in [6, 6.07) is 13.7. The number of amides is 1. The molecule has 1 amide bonds. The summed E-state index contributed by atoms with van der Waals surface area (Å²) in [6.07, 6.45) is -0.111. The molecule has 0 spiro atoms. The Hall–Kier alpha value is -2.24. The number of carbonyl (C=O) groups excluding carboxylic acids is 2. The first kappa shape index (κ1) is 19.5. The van der Waals surface area contributed by atoms with Crippen molar-refractivity contribution >= 4 is 35.1 Å². The Bertz CT molecular complexity index is 824. The zero-order valence-corrected chi connectivity index (χ0v) is 16.2. The summed E-state index contributed by atoms with van der Waals surface area (Å²) >= 11 is 11.9. The van der Waals surface area contributed by atoms with Gasteiger partial charge in [-0.15, -0.1) is 0 Å². The SMILES string of the molecule is C[C@H](Oc1ccc(Cl)cc1Cl)C(=O)O[C@@H](C(=O)NC1CC1)c1ccccc1. The van der Waals surface area contributed by atoms with Crippen LogP contribution >= 0.6 is 23.2 Å². The third kappa shape index (κ3) is 5.37. The maximum absolute atomic E-state index is 12.5. The van der Waals surface area contributed by atoms with Crippen LogP contribution in [0.15, 0.2) is 48.5 Å². The van der Waals surface area contributed by atoms with Crippen molar-refractivity contribution in [2.75, 3.05) is 0 Å². The van der Waals surface area contributed by atoms with Crippen molar-refractivity contribution in [3.8, 4) is 5.75 Å². The number of halogens is 2. The van der Waals surface area contributed by atoms with Crippen molar-refractivity contribution in [1.29, 1.82) is 0 Å². The molecule has 1 fully saturated rings. The minimum absolute atomic E-state index is 0.156. The fraction of sp³-hybridized carbons (Fsp3) is 0.300. The van der Waals surface area contributed by atoms with Crippen molar-refractivity contribution in [2.45, 2.75) is 38.0 Å². The van der Waals surface area contributed by atoms with Gasteiger partial charge >= 0.3 is 5.97 Å². The third-order valence-electron chi connectivity index (χ3n) is 4.03. The van der Waals surface area contributed by atoms with E-state index in [1.165, 1.54) is 13.0 Å². The number of benzene rings is 2. The highest BCUT2D eigenvalue weighted by Crippen LogP contribution is 2.29. The highest BCUT2D eigenvalue weighted by Gasteiger charge is 2.32. The average molecular weight is 408 g/mol. The van der Waals surface area contributed by atoms with Gasteiger partial charge in [0, 0.05) is 16.6 Å². The second-order valence-electron chi connectivity index (χ2n) is 6.35. The Morgan fingerprint density at radius 3 is 2.44 bits per heavy atom. The lowest BCUT2D eigenvalue weighted by Crippen LogP contribution is -2.36. The molecular formula is C20H19Cl2NO4. The minimum Gasteiger partial charge on any atom is -0.477 e. The number of hydrogen-bond acceptors (Lipinski definition) is 4. The van der Waals surface area contributed by atoms with Crippen LogP contribution in [0.4, 0.5) is 0 Å². The van der Waals surface area contributed by atoms with Crippen LogP contribution in [0.2, 0.25) is 10.0 Å². The van der Waals surface area contributed by atoms with E-state index in [1.54, 1.807) is 36.4 Å². The van der Waals surface area contributed by atoms with E-state index in [-0.39, 0.29) is 17.0 Å². The molecule has 5 nitrogen and oxygen atoms in total. The van der Waals surface area contributed by atoms with E-state index < -0.39 is 18.2 Å². The summed E-state index contributed by atoms with van der Waals surface area (Å²) in [5.74, 6) is -0.696. The van der Waals surface area contributed by atoms with Gasteiger partial charge in [0.25, 0.3) is 5.91 Å². The van der Waals surface area contributed by atoms with Gasteiger partial charge in [-0.25, -0.2) is 4.79 Å². The Morgan fingerprint density at radius 2 is 1.81 bits per heavy atom. The van der Waals surface area contributed by atoms with Crippen LogP contribution in [-0.4, -0.2) is 24.0 Å². The maximum Gasteiger partial charge on any atom is 0.348 e. The van der Waals surface area contributed by atoms with Crippen LogP contribution in [-0.2, 0) is 14.3 Å². The summed E-state index contributed by atoms with van der Waals surface area (Å²) in [5, 5.41) is 3.62. The standard InChI is InChI=1S/C20H19Cl2NO4/c1-12(26-17-10-7-14(21)11-16(17)22)20(25)27-18(13-5-3-2-4-6-13)19(24)23-15-8-9-15/h2-7,10-12,15,18H,8-9H2,1H3,(H,23,24)/t12-,18+/m0/s1. The second-order valence-corrected chi connectivity index (χ2v) is 7.19. The first-order valence-corrected chi connectivity index (χ1v) is 9.37. The maximum atomic E-state index is 12.5. The minimum atomic E-state index is -1.04. The van der Waals surface area contributed by atoms with Gasteiger partial charge in [0.15, 0.2) is 6.10 Å². The van der Waals surface area contributed by atoms with Crippen LogP contribution in [0, 0.1) is 0 Å². The van der Waals surface area contributed by atoms with E-state index >= 15 is 0 Å². The predicted octanol–water partition coefficient (Wildman–Crippen LogP) is 4.32. The van der Waals surface area contributed by atoms with Crippen molar-refractivity contribution in [1.82, 2.24) is 5.32 Å². The molecule has 0 heterocycles. The Balaban J connectivity index is 1.70. The van der Waals surface area contributed by atoms with Gasteiger partial charge in [-0.3, -0.25) is 4.79 Å². The van der Waals surface area contributed by atoms with Gasteiger partial charge in [-0.1, -0.05) is 53.5 Å². The second kappa shape index (κ2) is 8.63. The van der Waals surface area contributed by atoms with Gasteiger partial charge in [0.1, 0.15) is 5.75 Å². The van der Waals surface area contributed by atoms with E-state index in [0.29, 0.717) is 16.3 Å². The number of rotatable bonds is 7. The van der Waals surface area contributed by atoms with E-state index in [1.807, 2.05) is 6.07 Å². The summed E-state index contributed by atoms with van der Waals surface area (Å²) in [7, 11) is 0. The predicted molar refractivity (Wildman–Crippen MR) is 103 cm³/mol. The van der Waals surface area contributed by atoms with E-state index in [9.17, 15) is 9.59 Å². The molecule has 1 aliphatic rings. The highest BCUT2D eigenvalue weighted by molar-refractivity contribution is 6.35. The molecule has 1 saturated carbocycles. The Kier molecular flexibility index (Phi) is 6.24. The Labute approximate surface area is 167 Å². The van der Waals surface area contributed by atoms with Crippen LogP contribution in [0.1, 0.15) is 31.4 Å². The van der Waals surface area contributed by atoms with Crippen molar-refractivity contribution in [2.24, 2.45) is 0 Å². The summed E-state index contributed by atoms with van der Waals surface area (Å²) < 4.78 is 11.1. The quantitative estimate of drug-likeness (QED) is 0.693. The van der Waals surface area contributed by atoms with Crippen molar-refractivity contribution in [3.63, 3.8) is 0 Å². The average Bonchev–Trinajstić information content (AvgIpc) is 3.46. The number of esters is 1. The normalized spacial score (nSPS) is 15.5. The van der Waals surface area contributed by atoms with E-state index in [2.05, 4.69) is 5.32 Å². The molecule has 2 atom stereocenters. The van der Waals surface area contributed by atoms with Gasteiger partial charge in [-0.2, -0.15) is 0 Å². The Morgan fingerprint density at radius 1 is 1.11 bits per heavy atom. The number of ether oxygens (including phenoxy) is 2. The number of carbonyl (C=O) groups is 2. The first-order valence-electron chi connectivity index (χ1n) is 8.61. The molecule has 0 aliphatic heterocycles. The van der Waals surface area contributed by atoms with Crippen LogP contribution in [0.5, 0.6) is 5.75 Å². The van der Waals surface area contributed by atoms with Gasteiger partial charge < -0.3 is 14.8 Å². The molecular weight excluding hydrogens is 389 g/mol.